The minimum absolute atomic E-state index is 0.0492. The van der Waals surface area contributed by atoms with Gasteiger partial charge in [-0.15, -0.1) is 0 Å². The number of aryl methyl sites for hydroxylation is 1. The summed E-state index contributed by atoms with van der Waals surface area (Å²) in [6, 6.07) is 7.01. The Labute approximate surface area is 120 Å². The van der Waals surface area contributed by atoms with Gasteiger partial charge in [-0.05, 0) is 43.4 Å². The summed E-state index contributed by atoms with van der Waals surface area (Å²) in [7, 11) is 0. The number of nitrogens with zero attached hydrogens (tertiary/aromatic N) is 1. The minimum atomic E-state index is 0.0492. The maximum absolute atomic E-state index is 8.87. The van der Waals surface area contributed by atoms with Crippen LogP contribution in [0.15, 0.2) is 18.2 Å². The quantitative estimate of drug-likeness (QED) is 0.854. The van der Waals surface area contributed by atoms with E-state index in [1.165, 1.54) is 18.4 Å². The molecule has 1 aromatic rings. The van der Waals surface area contributed by atoms with E-state index < -0.39 is 0 Å². The van der Waals surface area contributed by atoms with Gasteiger partial charge < -0.3 is 15.6 Å². The molecule has 1 saturated heterocycles. The third kappa shape index (κ3) is 2.68. The van der Waals surface area contributed by atoms with E-state index in [1.807, 2.05) is 6.92 Å². The van der Waals surface area contributed by atoms with Gasteiger partial charge in [-0.25, -0.2) is 0 Å². The maximum Gasteiger partial charge on any atom is 0.122 e. The molecule has 110 valence electrons. The predicted molar refractivity (Wildman–Crippen MR) is 78.7 cm³/mol. The van der Waals surface area contributed by atoms with Gasteiger partial charge in [0.2, 0.25) is 0 Å². The van der Waals surface area contributed by atoms with Crippen molar-refractivity contribution in [2.45, 2.75) is 44.3 Å². The van der Waals surface area contributed by atoms with Crippen LogP contribution in [0, 0.1) is 6.92 Å². The number of piperidine rings is 1. The van der Waals surface area contributed by atoms with Crippen molar-refractivity contribution >= 4 is 0 Å². The van der Waals surface area contributed by atoms with E-state index in [9.17, 15) is 0 Å². The third-order valence-corrected chi connectivity index (χ3v) is 4.64. The van der Waals surface area contributed by atoms with E-state index in [4.69, 9.17) is 15.6 Å². The summed E-state index contributed by atoms with van der Waals surface area (Å²) >= 11 is 0. The Kier molecular flexibility index (Phi) is 3.71. The molecule has 2 atom stereocenters. The first kappa shape index (κ1) is 13.9. The van der Waals surface area contributed by atoms with Crippen LogP contribution in [0.2, 0.25) is 0 Å². The first-order chi connectivity index (χ1) is 9.59. The van der Waals surface area contributed by atoms with Crippen LogP contribution in [0.25, 0.3) is 0 Å². The van der Waals surface area contributed by atoms with E-state index in [1.54, 1.807) is 0 Å². The standard InChI is InChI=1S/C16H24N2O2/c1-12-2-3-13(8-15(12)20-7-6-19)10-18-11-16(17)5-4-14(18)9-16/h2-3,8,14,19H,4-7,9-11,17H2,1H3. The number of benzene rings is 1. The minimum Gasteiger partial charge on any atom is -0.491 e. The largest absolute Gasteiger partial charge is 0.491 e. The molecule has 1 heterocycles. The fourth-order valence-electron chi connectivity index (χ4n) is 3.59. The molecule has 2 bridgehead atoms. The Balaban J connectivity index is 1.69. The summed E-state index contributed by atoms with van der Waals surface area (Å²) < 4.78 is 5.58. The summed E-state index contributed by atoms with van der Waals surface area (Å²) in [5.74, 6) is 0.878. The summed E-state index contributed by atoms with van der Waals surface area (Å²) in [6.45, 7) is 4.39. The molecule has 0 radical (unpaired) electrons. The molecular weight excluding hydrogens is 252 g/mol. The molecule has 2 unspecified atom stereocenters. The molecule has 1 aliphatic carbocycles. The number of fused-ring (bicyclic) bond motifs is 2. The van der Waals surface area contributed by atoms with E-state index in [2.05, 4.69) is 23.1 Å². The number of ether oxygens (including phenoxy) is 1. The lowest BCUT2D eigenvalue weighted by molar-refractivity contribution is 0.193. The van der Waals surface area contributed by atoms with Crippen molar-refractivity contribution in [1.29, 1.82) is 0 Å². The normalized spacial score (nSPS) is 29.1. The number of likely N-dealkylation sites (tertiary alicyclic amines) is 1. The number of aliphatic hydroxyl groups is 1. The number of hydrogen-bond acceptors (Lipinski definition) is 4. The SMILES string of the molecule is Cc1ccc(CN2CC3(N)CCC2C3)cc1OCCO. The molecule has 1 aliphatic heterocycles. The highest BCUT2D eigenvalue weighted by Crippen LogP contribution is 2.40. The molecule has 20 heavy (non-hydrogen) atoms. The molecule has 3 rings (SSSR count). The van der Waals surface area contributed by atoms with Crippen LogP contribution in [0.3, 0.4) is 0 Å². The van der Waals surface area contributed by atoms with Gasteiger partial charge in [0.1, 0.15) is 12.4 Å². The molecule has 0 amide bonds. The molecule has 1 saturated carbocycles. The topological polar surface area (TPSA) is 58.7 Å². The van der Waals surface area contributed by atoms with Crippen molar-refractivity contribution < 1.29 is 9.84 Å². The van der Waals surface area contributed by atoms with Gasteiger partial charge in [-0.1, -0.05) is 12.1 Å². The van der Waals surface area contributed by atoms with E-state index in [0.29, 0.717) is 12.6 Å². The molecule has 1 aromatic carbocycles. The van der Waals surface area contributed by atoms with Crippen LogP contribution in [0.5, 0.6) is 5.75 Å². The van der Waals surface area contributed by atoms with Crippen molar-refractivity contribution in [1.82, 2.24) is 4.90 Å². The van der Waals surface area contributed by atoms with Crippen LogP contribution < -0.4 is 10.5 Å². The lowest BCUT2D eigenvalue weighted by Gasteiger charge is -2.30. The first-order valence-corrected chi connectivity index (χ1v) is 7.46. The molecule has 4 nitrogen and oxygen atoms in total. The lowest BCUT2D eigenvalue weighted by atomic mass is 10.0. The summed E-state index contributed by atoms with van der Waals surface area (Å²) in [5.41, 5.74) is 8.81. The van der Waals surface area contributed by atoms with Crippen molar-refractivity contribution in [2.24, 2.45) is 5.73 Å². The molecule has 0 aromatic heterocycles. The van der Waals surface area contributed by atoms with Crippen LogP contribution in [-0.4, -0.2) is 41.3 Å². The Bertz CT molecular complexity index is 491. The highest BCUT2D eigenvalue weighted by molar-refractivity contribution is 5.36. The molecule has 2 fully saturated rings. The van der Waals surface area contributed by atoms with Gasteiger partial charge in [0, 0.05) is 24.7 Å². The Morgan fingerprint density at radius 3 is 3.00 bits per heavy atom. The molecular formula is C16H24N2O2. The van der Waals surface area contributed by atoms with Crippen molar-refractivity contribution in [2.75, 3.05) is 19.8 Å². The van der Waals surface area contributed by atoms with E-state index in [-0.39, 0.29) is 12.1 Å². The van der Waals surface area contributed by atoms with Crippen molar-refractivity contribution in [3.05, 3.63) is 29.3 Å². The second-order valence-electron chi connectivity index (χ2n) is 6.34. The van der Waals surface area contributed by atoms with E-state index in [0.717, 1.165) is 30.8 Å². The highest BCUT2D eigenvalue weighted by Gasteiger charge is 2.46. The average Bonchev–Trinajstić information content (AvgIpc) is 2.94. The predicted octanol–water partition coefficient (Wildman–Crippen LogP) is 1.43. The van der Waals surface area contributed by atoms with Crippen LogP contribution in [0.1, 0.15) is 30.4 Å². The summed E-state index contributed by atoms with van der Waals surface area (Å²) in [4.78, 5) is 2.50. The molecule has 3 N–H and O–H groups in total. The smallest absolute Gasteiger partial charge is 0.122 e. The number of hydrogen-bond donors (Lipinski definition) is 2. The van der Waals surface area contributed by atoms with E-state index >= 15 is 0 Å². The average molecular weight is 276 g/mol. The van der Waals surface area contributed by atoms with Gasteiger partial charge in [-0.2, -0.15) is 0 Å². The van der Waals surface area contributed by atoms with Gasteiger partial charge in [0.25, 0.3) is 0 Å². The highest BCUT2D eigenvalue weighted by atomic mass is 16.5. The fourth-order valence-corrected chi connectivity index (χ4v) is 3.59. The number of aliphatic hydroxyl groups excluding tert-OH is 1. The molecule has 2 aliphatic rings. The number of nitrogens with two attached hydrogens (primary N) is 1. The Morgan fingerprint density at radius 1 is 1.50 bits per heavy atom. The number of rotatable bonds is 5. The van der Waals surface area contributed by atoms with Crippen LogP contribution in [0.4, 0.5) is 0 Å². The van der Waals surface area contributed by atoms with Gasteiger partial charge >= 0.3 is 0 Å². The second kappa shape index (κ2) is 5.35. The fraction of sp³-hybridized carbons (Fsp3) is 0.625. The maximum atomic E-state index is 8.87. The Hall–Kier alpha value is -1.10. The van der Waals surface area contributed by atoms with Gasteiger partial charge in [-0.3, -0.25) is 4.90 Å². The van der Waals surface area contributed by atoms with Crippen molar-refractivity contribution in [3.8, 4) is 5.75 Å². The monoisotopic (exact) mass is 276 g/mol. The summed E-state index contributed by atoms with van der Waals surface area (Å²) in [6.07, 6.45) is 3.55. The van der Waals surface area contributed by atoms with Crippen LogP contribution >= 0.6 is 0 Å². The Morgan fingerprint density at radius 2 is 2.35 bits per heavy atom. The first-order valence-electron chi connectivity index (χ1n) is 7.46. The summed E-state index contributed by atoms with van der Waals surface area (Å²) in [5, 5.41) is 8.87. The zero-order chi connectivity index (χ0) is 14.2. The molecule has 4 heteroatoms. The lowest BCUT2D eigenvalue weighted by Crippen LogP contribution is -2.44. The second-order valence-corrected chi connectivity index (χ2v) is 6.34. The zero-order valence-corrected chi connectivity index (χ0v) is 12.1. The molecule has 0 spiro atoms. The van der Waals surface area contributed by atoms with Gasteiger partial charge in [0.15, 0.2) is 0 Å². The zero-order valence-electron chi connectivity index (χ0n) is 12.1. The van der Waals surface area contributed by atoms with Crippen LogP contribution in [-0.2, 0) is 6.54 Å². The third-order valence-electron chi connectivity index (χ3n) is 4.64. The van der Waals surface area contributed by atoms with Gasteiger partial charge in [0.05, 0.1) is 6.61 Å². The van der Waals surface area contributed by atoms with Crippen molar-refractivity contribution in [3.63, 3.8) is 0 Å².